The van der Waals surface area contributed by atoms with E-state index in [0.29, 0.717) is 18.7 Å². The van der Waals surface area contributed by atoms with E-state index in [2.05, 4.69) is 0 Å². The first kappa shape index (κ1) is 18.0. The molecule has 2 aromatic carbocycles. The van der Waals surface area contributed by atoms with Gasteiger partial charge in [0.25, 0.3) is 0 Å². The number of hydrogen-bond acceptors (Lipinski definition) is 4. The van der Waals surface area contributed by atoms with Gasteiger partial charge in [-0.1, -0.05) is 12.1 Å². The molecule has 2 aromatic rings. The van der Waals surface area contributed by atoms with Crippen molar-refractivity contribution in [2.45, 2.75) is 23.7 Å². The molecular weight excluding hydrogens is 364 g/mol. The quantitative estimate of drug-likeness (QED) is 0.812. The molecule has 1 saturated heterocycles. The average molecular weight is 386 g/mol. The first-order valence-electron chi connectivity index (χ1n) is 8.83. The molecule has 2 aliphatic rings. The van der Waals surface area contributed by atoms with Crippen LogP contribution in [0.25, 0.3) is 0 Å². The molecule has 1 amide bonds. The van der Waals surface area contributed by atoms with Gasteiger partial charge in [-0.2, -0.15) is 4.31 Å². The van der Waals surface area contributed by atoms with Crippen LogP contribution in [0.15, 0.2) is 47.4 Å². The molecule has 2 heterocycles. The van der Waals surface area contributed by atoms with Gasteiger partial charge >= 0.3 is 0 Å². The van der Waals surface area contributed by atoms with Gasteiger partial charge < -0.3 is 9.64 Å². The summed E-state index contributed by atoms with van der Waals surface area (Å²) in [5.74, 6) is 0.601. The van der Waals surface area contributed by atoms with E-state index in [9.17, 15) is 13.2 Å². The first-order chi connectivity index (χ1) is 12.8. The normalized spacial score (nSPS) is 22.5. The van der Waals surface area contributed by atoms with E-state index in [-0.39, 0.29) is 17.3 Å². The fraction of sp³-hybridized carbons (Fsp3) is 0.350. The summed E-state index contributed by atoms with van der Waals surface area (Å²) in [5.41, 5.74) is 1.69. The Balaban J connectivity index is 1.75. The molecule has 1 spiro atoms. The number of benzene rings is 2. The third kappa shape index (κ3) is 2.56. The van der Waals surface area contributed by atoms with Gasteiger partial charge in [0.15, 0.2) is 0 Å². The van der Waals surface area contributed by atoms with E-state index in [1.807, 2.05) is 31.2 Å². The molecule has 1 fully saturated rings. The summed E-state index contributed by atoms with van der Waals surface area (Å²) in [6.45, 7) is 2.32. The molecule has 6 nitrogen and oxygen atoms in total. The number of fused-ring (bicyclic) bond motifs is 2. The molecule has 2 aliphatic heterocycles. The molecule has 4 rings (SSSR count). The van der Waals surface area contributed by atoms with Crippen LogP contribution in [0.5, 0.6) is 5.75 Å². The third-order valence-electron chi connectivity index (χ3n) is 5.66. The lowest BCUT2D eigenvalue weighted by Gasteiger charge is -2.23. The standard InChI is InChI=1S/C20H22N2O4S/c1-14-5-4-6-16(11-14)27(24,25)22-10-9-20(13-22)17-12-15(26-3)7-8-18(17)21(2)19(20)23/h4-8,11-12H,9-10,13H2,1-3H3/t20-/m1/s1. The van der Waals surface area contributed by atoms with Crippen molar-refractivity contribution in [1.82, 2.24) is 4.31 Å². The minimum atomic E-state index is -3.65. The number of hydrogen-bond donors (Lipinski definition) is 0. The Morgan fingerprint density at radius 3 is 2.63 bits per heavy atom. The van der Waals surface area contributed by atoms with Crippen molar-refractivity contribution in [3.05, 3.63) is 53.6 Å². The Labute approximate surface area is 159 Å². The largest absolute Gasteiger partial charge is 0.497 e. The number of carbonyl (C=O) groups excluding carboxylic acids is 1. The van der Waals surface area contributed by atoms with Gasteiger partial charge in [0.2, 0.25) is 15.9 Å². The number of rotatable bonds is 3. The van der Waals surface area contributed by atoms with Crippen LogP contribution < -0.4 is 9.64 Å². The summed E-state index contributed by atoms with van der Waals surface area (Å²) in [6, 6.07) is 12.4. The Morgan fingerprint density at radius 2 is 1.93 bits per heavy atom. The van der Waals surface area contributed by atoms with Gasteiger partial charge in [-0.05, 0) is 54.8 Å². The molecule has 7 heteroatoms. The number of carbonyl (C=O) groups is 1. The Hall–Kier alpha value is -2.38. The molecular formula is C20H22N2O4S. The summed E-state index contributed by atoms with van der Waals surface area (Å²) in [6.07, 6.45) is 0.460. The summed E-state index contributed by atoms with van der Waals surface area (Å²) in [5, 5.41) is 0. The molecule has 0 aliphatic carbocycles. The van der Waals surface area contributed by atoms with Crippen LogP contribution in [-0.4, -0.2) is 45.9 Å². The summed E-state index contributed by atoms with van der Waals surface area (Å²) < 4.78 is 33.0. The predicted molar refractivity (Wildman–Crippen MR) is 103 cm³/mol. The smallest absolute Gasteiger partial charge is 0.243 e. The minimum absolute atomic E-state index is 0.0623. The van der Waals surface area contributed by atoms with Gasteiger partial charge in [-0.15, -0.1) is 0 Å². The molecule has 0 saturated carbocycles. The summed E-state index contributed by atoms with van der Waals surface area (Å²) in [7, 11) is -0.335. The minimum Gasteiger partial charge on any atom is -0.497 e. The van der Waals surface area contributed by atoms with Crippen molar-refractivity contribution >= 4 is 21.6 Å². The third-order valence-corrected chi connectivity index (χ3v) is 7.50. The summed E-state index contributed by atoms with van der Waals surface area (Å²) >= 11 is 0. The first-order valence-corrected chi connectivity index (χ1v) is 10.3. The van der Waals surface area contributed by atoms with Gasteiger partial charge in [0.1, 0.15) is 5.75 Å². The molecule has 1 atom stereocenters. The highest BCUT2D eigenvalue weighted by atomic mass is 32.2. The highest BCUT2D eigenvalue weighted by molar-refractivity contribution is 7.89. The Bertz CT molecular complexity index is 1030. The van der Waals surface area contributed by atoms with E-state index >= 15 is 0 Å². The zero-order valence-corrected chi connectivity index (χ0v) is 16.4. The molecule has 0 N–H and O–H groups in total. The van der Waals surface area contributed by atoms with Crippen LogP contribution in [0.4, 0.5) is 5.69 Å². The highest BCUT2D eigenvalue weighted by Crippen LogP contribution is 2.48. The fourth-order valence-electron chi connectivity index (χ4n) is 4.16. The summed E-state index contributed by atoms with van der Waals surface area (Å²) in [4.78, 5) is 15.0. The van der Waals surface area contributed by atoms with Crippen molar-refractivity contribution in [3.63, 3.8) is 0 Å². The second kappa shape index (κ2) is 6.07. The zero-order valence-electron chi connectivity index (χ0n) is 15.6. The Kier molecular flexibility index (Phi) is 4.05. The molecule has 0 unspecified atom stereocenters. The maximum atomic E-state index is 13.1. The number of nitrogens with zero attached hydrogens (tertiary/aromatic N) is 2. The molecule has 27 heavy (non-hydrogen) atoms. The van der Waals surface area contributed by atoms with E-state index in [4.69, 9.17) is 4.74 Å². The van der Waals surface area contributed by atoms with Crippen molar-refractivity contribution < 1.29 is 17.9 Å². The molecule has 0 radical (unpaired) electrons. The number of sulfonamides is 1. The topological polar surface area (TPSA) is 66.9 Å². The lowest BCUT2D eigenvalue weighted by molar-refractivity contribution is -0.122. The van der Waals surface area contributed by atoms with Gasteiger partial charge in [0, 0.05) is 25.8 Å². The number of amides is 1. The Morgan fingerprint density at radius 1 is 1.15 bits per heavy atom. The molecule has 0 bridgehead atoms. The van der Waals surface area contributed by atoms with E-state index in [1.54, 1.807) is 37.3 Å². The lowest BCUT2D eigenvalue weighted by atomic mass is 9.81. The number of anilines is 1. The number of likely N-dealkylation sites (N-methyl/N-ethyl adjacent to an activating group) is 1. The number of methoxy groups -OCH3 is 1. The van der Waals surface area contributed by atoms with Crippen LogP contribution >= 0.6 is 0 Å². The van der Waals surface area contributed by atoms with Crippen molar-refractivity contribution in [3.8, 4) is 5.75 Å². The number of ether oxygens (including phenoxy) is 1. The fourth-order valence-corrected chi connectivity index (χ4v) is 5.77. The second-order valence-corrected chi connectivity index (χ2v) is 9.17. The maximum absolute atomic E-state index is 13.1. The van der Waals surface area contributed by atoms with E-state index in [1.165, 1.54) is 4.31 Å². The van der Waals surface area contributed by atoms with Crippen LogP contribution in [0.1, 0.15) is 17.5 Å². The zero-order chi connectivity index (χ0) is 19.4. The van der Waals surface area contributed by atoms with E-state index < -0.39 is 15.4 Å². The second-order valence-electron chi connectivity index (χ2n) is 7.23. The van der Waals surface area contributed by atoms with Crippen LogP contribution in [0.3, 0.4) is 0 Å². The maximum Gasteiger partial charge on any atom is 0.243 e. The van der Waals surface area contributed by atoms with Gasteiger partial charge in [-0.25, -0.2) is 8.42 Å². The number of aryl methyl sites for hydroxylation is 1. The monoisotopic (exact) mass is 386 g/mol. The highest BCUT2D eigenvalue weighted by Gasteiger charge is 2.55. The molecule has 142 valence electrons. The van der Waals surface area contributed by atoms with Gasteiger partial charge in [-0.3, -0.25) is 4.79 Å². The van der Waals surface area contributed by atoms with Crippen LogP contribution in [0, 0.1) is 6.92 Å². The van der Waals surface area contributed by atoms with Crippen molar-refractivity contribution in [2.75, 3.05) is 32.1 Å². The van der Waals surface area contributed by atoms with Crippen molar-refractivity contribution in [1.29, 1.82) is 0 Å². The van der Waals surface area contributed by atoms with Crippen molar-refractivity contribution in [2.24, 2.45) is 0 Å². The SMILES string of the molecule is COc1ccc2c(c1)[C@]1(CCN(S(=O)(=O)c3cccc(C)c3)C1)C(=O)N2C. The van der Waals surface area contributed by atoms with Crippen LogP contribution in [0.2, 0.25) is 0 Å². The van der Waals surface area contributed by atoms with E-state index in [0.717, 1.165) is 16.8 Å². The molecule has 0 aromatic heterocycles. The van der Waals surface area contributed by atoms with Gasteiger partial charge in [0.05, 0.1) is 17.4 Å². The predicted octanol–water partition coefficient (Wildman–Crippen LogP) is 2.31. The van der Waals surface area contributed by atoms with Crippen LogP contribution in [-0.2, 0) is 20.2 Å². The lowest BCUT2D eigenvalue weighted by Crippen LogP contribution is -2.42. The average Bonchev–Trinajstić information content (AvgIpc) is 3.20.